The van der Waals surface area contributed by atoms with Crippen LogP contribution in [0.1, 0.15) is 0 Å². The third-order valence-electron chi connectivity index (χ3n) is 8.38. The number of para-hydroxylation sites is 3. The highest BCUT2D eigenvalue weighted by Crippen LogP contribution is 2.48. The molecule has 3 nitrogen and oxygen atoms in total. The van der Waals surface area contributed by atoms with E-state index < -0.39 is 0 Å². The van der Waals surface area contributed by atoms with Crippen LogP contribution in [0.5, 0.6) is 0 Å². The monoisotopic (exact) mass is 529 g/mol. The van der Waals surface area contributed by atoms with Gasteiger partial charge in [0.15, 0.2) is 0 Å². The zero-order chi connectivity index (χ0) is 25.9. The van der Waals surface area contributed by atoms with Crippen molar-refractivity contribution in [1.29, 1.82) is 0 Å². The van der Waals surface area contributed by atoms with Crippen molar-refractivity contribution < 1.29 is 8.83 Å². The maximum atomic E-state index is 6.67. The second-order valence-electron chi connectivity index (χ2n) is 10.5. The molecule has 0 amide bonds. The molecule has 6 aromatic carbocycles. The Morgan fingerprint density at radius 3 is 1.82 bits per heavy atom. The summed E-state index contributed by atoms with van der Waals surface area (Å²) in [7, 11) is 0. The van der Waals surface area contributed by atoms with E-state index in [-0.39, 0.29) is 0 Å². The molecule has 10 aromatic rings. The van der Waals surface area contributed by atoms with Gasteiger partial charge in [-0.3, -0.25) is 0 Å². The molecule has 0 aliphatic carbocycles. The van der Waals surface area contributed by atoms with Crippen molar-refractivity contribution in [2.75, 3.05) is 0 Å². The predicted octanol–water partition coefficient (Wildman–Crippen LogP) is 11.0. The van der Waals surface area contributed by atoms with Crippen molar-refractivity contribution in [2.45, 2.75) is 0 Å². The average molecular weight is 530 g/mol. The van der Waals surface area contributed by atoms with Crippen LogP contribution in [-0.4, -0.2) is 4.57 Å². The fourth-order valence-corrected chi connectivity index (χ4v) is 7.82. The molecule has 4 aromatic heterocycles. The van der Waals surface area contributed by atoms with E-state index in [1.807, 2.05) is 29.5 Å². The van der Waals surface area contributed by atoms with Gasteiger partial charge in [0.1, 0.15) is 22.3 Å². The number of hydrogen-bond acceptors (Lipinski definition) is 3. The molecule has 0 aliphatic rings. The summed E-state index contributed by atoms with van der Waals surface area (Å²) in [5.41, 5.74) is 6.90. The van der Waals surface area contributed by atoms with Gasteiger partial charge in [0, 0.05) is 42.0 Å². The first-order valence-corrected chi connectivity index (χ1v) is 14.3. The van der Waals surface area contributed by atoms with Crippen molar-refractivity contribution in [2.24, 2.45) is 0 Å². The van der Waals surface area contributed by atoms with Crippen molar-refractivity contribution in [3.63, 3.8) is 0 Å². The van der Waals surface area contributed by atoms with Crippen molar-refractivity contribution in [1.82, 2.24) is 4.57 Å². The Morgan fingerprint density at radius 2 is 1.05 bits per heavy atom. The van der Waals surface area contributed by atoms with Gasteiger partial charge in [0.05, 0.1) is 27.2 Å². The van der Waals surface area contributed by atoms with Gasteiger partial charge in [-0.15, -0.1) is 11.3 Å². The molecule has 10 rings (SSSR count). The van der Waals surface area contributed by atoms with E-state index in [1.165, 1.54) is 25.6 Å². The minimum Gasteiger partial charge on any atom is -0.455 e. The minimum atomic E-state index is 0.870. The predicted molar refractivity (Wildman–Crippen MR) is 168 cm³/mol. The lowest BCUT2D eigenvalue weighted by Crippen LogP contribution is -1.94. The quantitative estimate of drug-likeness (QED) is 0.212. The molecule has 0 N–H and O–H groups in total. The van der Waals surface area contributed by atoms with Crippen LogP contribution in [0.25, 0.3) is 91.5 Å². The van der Waals surface area contributed by atoms with Gasteiger partial charge < -0.3 is 13.4 Å². The lowest BCUT2D eigenvalue weighted by atomic mass is 10.0. The molecule has 0 aliphatic heterocycles. The van der Waals surface area contributed by atoms with Crippen LogP contribution in [0.4, 0.5) is 0 Å². The molecular weight excluding hydrogens is 510 g/mol. The molecule has 0 atom stereocenters. The number of benzene rings is 6. The normalized spacial score (nSPS) is 12.5. The number of furan rings is 2. The summed E-state index contributed by atoms with van der Waals surface area (Å²) in [6.45, 7) is 0. The molecule has 0 radical (unpaired) electrons. The van der Waals surface area contributed by atoms with Gasteiger partial charge in [0.25, 0.3) is 0 Å². The summed E-state index contributed by atoms with van der Waals surface area (Å²) in [5.74, 6) is 0. The second kappa shape index (κ2) is 7.32. The number of nitrogens with zero attached hydrogens (tertiary/aromatic N) is 1. The van der Waals surface area contributed by atoms with Crippen LogP contribution in [0.3, 0.4) is 0 Å². The van der Waals surface area contributed by atoms with Gasteiger partial charge in [0.2, 0.25) is 0 Å². The third kappa shape index (κ3) is 2.50. The molecule has 0 saturated carbocycles. The van der Waals surface area contributed by atoms with Crippen LogP contribution in [0.2, 0.25) is 0 Å². The van der Waals surface area contributed by atoms with Crippen molar-refractivity contribution in [3.05, 3.63) is 115 Å². The maximum Gasteiger partial charge on any atom is 0.149 e. The first-order chi connectivity index (χ1) is 19.8. The fraction of sp³-hybridized carbons (Fsp3) is 0. The highest BCUT2D eigenvalue weighted by molar-refractivity contribution is 7.25. The summed E-state index contributed by atoms with van der Waals surface area (Å²) in [6, 6.07) is 40.9. The lowest BCUT2D eigenvalue weighted by Gasteiger charge is -2.09. The van der Waals surface area contributed by atoms with Gasteiger partial charge in [-0.25, -0.2) is 0 Å². The van der Waals surface area contributed by atoms with Gasteiger partial charge in [-0.2, -0.15) is 0 Å². The van der Waals surface area contributed by atoms with Crippen molar-refractivity contribution >= 4 is 97.2 Å². The Labute approximate surface area is 231 Å². The van der Waals surface area contributed by atoms with E-state index in [0.29, 0.717) is 0 Å². The summed E-state index contributed by atoms with van der Waals surface area (Å²) in [6.07, 6.45) is 0. The molecule has 0 bridgehead atoms. The number of thiophene rings is 1. The zero-order valence-corrected chi connectivity index (χ0v) is 22.0. The summed E-state index contributed by atoms with van der Waals surface area (Å²) < 4.78 is 18.4. The molecule has 0 unspecified atom stereocenters. The first-order valence-electron chi connectivity index (χ1n) is 13.4. The summed E-state index contributed by atoms with van der Waals surface area (Å²) in [4.78, 5) is 0. The Kier molecular flexibility index (Phi) is 3.81. The number of hydrogen-bond donors (Lipinski definition) is 0. The fourth-order valence-electron chi connectivity index (χ4n) is 6.73. The molecule has 4 heterocycles. The van der Waals surface area contributed by atoms with Crippen LogP contribution < -0.4 is 0 Å². The largest absolute Gasteiger partial charge is 0.455 e. The Balaban J connectivity index is 1.50. The van der Waals surface area contributed by atoms with Crippen LogP contribution in [0, 0.1) is 0 Å². The van der Waals surface area contributed by atoms with E-state index >= 15 is 0 Å². The standard InChI is InChI=1S/C36H19NO2S/c1-5-13-26-22(10-1)31-34(37(26)20-17-18-30-25(19-20)21-9-4-8-16-29(21)40-30)32-23-11-2-6-14-27(23)38-36(32)33-24-12-3-7-15-28(24)39-35(31)33/h1-19H. The molecule has 40 heavy (non-hydrogen) atoms. The highest BCUT2D eigenvalue weighted by atomic mass is 32.1. The Bertz CT molecular complexity index is 2630. The van der Waals surface area contributed by atoms with E-state index in [0.717, 1.165) is 66.0 Å². The molecule has 186 valence electrons. The van der Waals surface area contributed by atoms with E-state index in [4.69, 9.17) is 8.83 Å². The van der Waals surface area contributed by atoms with Crippen LogP contribution in [-0.2, 0) is 0 Å². The zero-order valence-electron chi connectivity index (χ0n) is 21.1. The van der Waals surface area contributed by atoms with Gasteiger partial charge in [-0.05, 0) is 42.5 Å². The number of aromatic nitrogens is 1. The second-order valence-corrected chi connectivity index (χ2v) is 11.5. The van der Waals surface area contributed by atoms with Gasteiger partial charge in [-0.1, -0.05) is 72.8 Å². The van der Waals surface area contributed by atoms with E-state index in [2.05, 4.69) is 102 Å². The number of fused-ring (bicyclic) bond motifs is 15. The summed E-state index contributed by atoms with van der Waals surface area (Å²) >= 11 is 1.85. The smallest absolute Gasteiger partial charge is 0.149 e. The Hall–Kier alpha value is -5.06. The van der Waals surface area contributed by atoms with E-state index in [9.17, 15) is 0 Å². The molecule has 0 saturated heterocycles. The molecule has 0 fully saturated rings. The first kappa shape index (κ1) is 20.8. The Morgan fingerprint density at radius 1 is 0.475 bits per heavy atom. The SMILES string of the molecule is c1ccc2c(c1)oc1c2c2oc3ccccc3c2c2c1c1ccccc1n2-c1ccc2sc3ccccc3c2c1. The lowest BCUT2D eigenvalue weighted by molar-refractivity contribution is 0.665. The molecule has 4 heteroatoms. The van der Waals surface area contributed by atoms with Gasteiger partial charge >= 0.3 is 0 Å². The third-order valence-corrected chi connectivity index (χ3v) is 9.53. The number of rotatable bonds is 1. The molecule has 0 spiro atoms. The highest BCUT2D eigenvalue weighted by Gasteiger charge is 2.26. The van der Waals surface area contributed by atoms with Crippen LogP contribution >= 0.6 is 11.3 Å². The van der Waals surface area contributed by atoms with Crippen LogP contribution in [0.15, 0.2) is 124 Å². The summed E-state index contributed by atoms with van der Waals surface area (Å²) in [5, 5.41) is 9.21. The minimum absolute atomic E-state index is 0.870. The van der Waals surface area contributed by atoms with E-state index in [1.54, 1.807) is 0 Å². The van der Waals surface area contributed by atoms with Crippen molar-refractivity contribution in [3.8, 4) is 5.69 Å². The topological polar surface area (TPSA) is 31.2 Å². The maximum absolute atomic E-state index is 6.67. The molecular formula is C36H19NO2S. The average Bonchev–Trinajstić information content (AvgIpc) is 3.75.